The molecule has 2 aromatic rings. The van der Waals surface area contributed by atoms with Gasteiger partial charge in [0.1, 0.15) is 12.4 Å². The highest BCUT2D eigenvalue weighted by atomic mass is 35.5. The van der Waals surface area contributed by atoms with E-state index in [9.17, 15) is 0 Å². The Balaban J connectivity index is 2.13. The van der Waals surface area contributed by atoms with Gasteiger partial charge in [-0.2, -0.15) is 0 Å². The van der Waals surface area contributed by atoms with Gasteiger partial charge < -0.3 is 10.1 Å². The van der Waals surface area contributed by atoms with Crippen LogP contribution in [-0.2, 0) is 13.2 Å². The van der Waals surface area contributed by atoms with Gasteiger partial charge in [-0.25, -0.2) is 0 Å². The van der Waals surface area contributed by atoms with Gasteiger partial charge in [0.25, 0.3) is 0 Å². The second-order valence-electron chi connectivity index (χ2n) is 5.32. The molecule has 0 fully saturated rings. The van der Waals surface area contributed by atoms with Gasteiger partial charge in [-0.1, -0.05) is 43.6 Å². The average molecular weight is 305 g/mol. The van der Waals surface area contributed by atoms with Crippen molar-refractivity contribution in [3.05, 3.63) is 58.4 Å². The fraction of sp³-hybridized carbons (Fsp3) is 0.353. The molecule has 0 atom stereocenters. The number of para-hydroxylation sites is 1. The summed E-state index contributed by atoms with van der Waals surface area (Å²) in [6.45, 7) is 7.41. The van der Waals surface area contributed by atoms with Crippen molar-refractivity contribution in [2.75, 3.05) is 0 Å². The topological polar surface area (TPSA) is 34.1 Å². The largest absolute Gasteiger partial charge is 0.485 e. The van der Waals surface area contributed by atoms with Crippen molar-refractivity contribution in [1.82, 2.24) is 10.3 Å². The summed E-state index contributed by atoms with van der Waals surface area (Å²) in [6, 6.07) is 10.2. The van der Waals surface area contributed by atoms with Crippen LogP contribution in [0, 0.1) is 6.92 Å². The van der Waals surface area contributed by atoms with Crippen molar-refractivity contribution in [1.29, 1.82) is 0 Å². The summed E-state index contributed by atoms with van der Waals surface area (Å²) in [4.78, 5) is 4.34. The average Bonchev–Trinajstić information content (AvgIpc) is 2.45. The molecule has 0 saturated carbocycles. The Morgan fingerprint density at radius 3 is 2.76 bits per heavy atom. The van der Waals surface area contributed by atoms with Gasteiger partial charge in [0.15, 0.2) is 0 Å². The maximum atomic E-state index is 6.28. The van der Waals surface area contributed by atoms with Gasteiger partial charge in [0, 0.05) is 24.3 Å². The lowest BCUT2D eigenvalue weighted by Crippen LogP contribution is -2.22. The molecule has 0 aliphatic rings. The van der Waals surface area contributed by atoms with Gasteiger partial charge in [0.2, 0.25) is 0 Å². The molecule has 112 valence electrons. The first-order valence-corrected chi connectivity index (χ1v) is 7.49. The zero-order chi connectivity index (χ0) is 15.2. The summed E-state index contributed by atoms with van der Waals surface area (Å²) < 4.78 is 5.93. The summed E-state index contributed by atoms with van der Waals surface area (Å²) in [6.07, 6.45) is 1.78. The Kier molecular flexibility index (Phi) is 5.59. The standard InChI is InChI=1S/C17H21ClN2O/c1-12(2)20-10-14-7-4-8-15(18)17(14)21-11-16-13(3)6-5-9-19-16/h4-9,12,20H,10-11H2,1-3H3. The molecule has 0 spiro atoms. The van der Waals surface area contributed by atoms with E-state index < -0.39 is 0 Å². The Morgan fingerprint density at radius 1 is 1.24 bits per heavy atom. The molecule has 0 aliphatic heterocycles. The van der Waals surface area contributed by atoms with Crippen molar-refractivity contribution in [3.63, 3.8) is 0 Å². The molecular formula is C17H21ClN2O. The maximum Gasteiger partial charge on any atom is 0.142 e. The summed E-state index contributed by atoms with van der Waals surface area (Å²) in [5.74, 6) is 0.734. The van der Waals surface area contributed by atoms with E-state index in [1.807, 2.05) is 37.3 Å². The van der Waals surface area contributed by atoms with Crippen LogP contribution < -0.4 is 10.1 Å². The van der Waals surface area contributed by atoms with Crippen LogP contribution in [-0.4, -0.2) is 11.0 Å². The quantitative estimate of drug-likeness (QED) is 0.871. The number of aryl methyl sites for hydroxylation is 1. The predicted octanol–water partition coefficient (Wildman–Crippen LogP) is 4.12. The number of hydrogen-bond donors (Lipinski definition) is 1. The first-order valence-electron chi connectivity index (χ1n) is 7.12. The number of rotatable bonds is 6. The van der Waals surface area contributed by atoms with Crippen LogP contribution in [0.25, 0.3) is 0 Å². The molecule has 21 heavy (non-hydrogen) atoms. The van der Waals surface area contributed by atoms with Crippen LogP contribution in [0.2, 0.25) is 5.02 Å². The number of ether oxygens (including phenoxy) is 1. The van der Waals surface area contributed by atoms with Crippen LogP contribution in [0.5, 0.6) is 5.75 Å². The Labute approximate surface area is 131 Å². The fourth-order valence-corrected chi connectivity index (χ4v) is 2.23. The Bertz CT molecular complexity index is 599. The summed E-state index contributed by atoms with van der Waals surface area (Å²) in [5.41, 5.74) is 3.11. The molecule has 2 rings (SSSR count). The van der Waals surface area contributed by atoms with Gasteiger partial charge in [-0.15, -0.1) is 0 Å². The molecule has 0 unspecified atom stereocenters. The zero-order valence-electron chi connectivity index (χ0n) is 12.7. The van der Waals surface area contributed by atoms with Crippen molar-refractivity contribution >= 4 is 11.6 Å². The van der Waals surface area contributed by atoms with Crippen LogP contribution in [0.15, 0.2) is 36.5 Å². The monoisotopic (exact) mass is 304 g/mol. The second-order valence-corrected chi connectivity index (χ2v) is 5.73. The minimum atomic E-state index is 0.412. The molecule has 1 aromatic carbocycles. The van der Waals surface area contributed by atoms with Crippen LogP contribution in [0.1, 0.15) is 30.7 Å². The lowest BCUT2D eigenvalue weighted by atomic mass is 10.2. The van der Waals surface area contributed by atoms with Crippen molar-refractivity contribution in [2.45, 2.75) is 40.0 Å². The highest BCUT2D eigenvalue weighted by Gasteiger charge is 2.10. The predicted molar refractivity (Wildman–Crippen MR) is 86.7 cm³/mol. The molecule has 0 radical (unpaired) electrons. The van der Waals surface area contributed by atoms with E-state index in [-0.39, 0.29) is 0 Å². The third-order valence-corrected chi connectivity index (χ3v) is 3.52. The first-order chi connectivity index (χ1) is 10.1. The van der Waals surface area contributed by atoms with Gasteiger partial charge in [-0.05, 0) is 24.6 Å². The molecule has 0 bridgehead atoms. The normalized spacial score (nSPS) is 10.9. The number of aromatic nitrogens is 1. The summed E-state index contributed by atoms with van der Waals surface area (Å²) in [7, 11) is 0. The smallest absolute Gasteiger partial charge is 0.142 e. The van der Waals surface area contributed by atoms with E-state index in [0.717, 1.165) is 29.1 Å². The molecule has 1 aromatic heterocycles. The molecule has 1 N–H and O–H groups in total. The van der Waals surface area contributed by atoms with Crippen molar-refractivity contribution in [3.8, 4) is 5.75 Å². The first kappa shape index (κ1) is 15.8. The minimum absolute atomic E-state index is 0.412. The van der Waals surface area contributed by atoms with E-state index in [4.69, 9.17) is 16.3 Å². The van der Waals surface area contributed by atoms with Gasteiger partial charge in [0.05, 0.1) is 10.7 Å². The third-order valence-electron chi connectivity index (χ3n) is 3.22. The lowest BCUT2D eigenvalue weighted by molar-refractivity contribution is 0.296. The third kappa shape index (κ3) is 4.45. The van der Waals surface area contributed by atoms with E-state index >= 15 is 0 Å². The van der Waals surface area contributed by atoms with Crippen LogP contribution >= 0.6 is 11.6 Å². The van der Waals surface area contributed by atoms with E-state index in [0.29, 0.717) is 17.7 Å². The summed E-state index contributed by atoms with van der Waals surface area (Å²) in [5, 5.41) is 4.02. The molecule has 0 aliphatic carbocycles. The van der Waals surface area contributed by atoms with Gasteiger partial charge in [-0.3, -0.25) is 4.98 Å². The highest BCUT2D eigenvalue weighted by Crippen LogP contribution is 2.29. The summed E-state index contributed by atoms with van der Waals surface area (Å²) >= 11 is 6.28. The SMILES string of the molecule is Cc1cccnc1COc1c(Cl)cccc1CNC(C)C. The lowest BCUT2D eigenvalue weighted by Gasteiger charge is -2.15. The molecule has 3 nitrogen and oxygen atoms in total. The number of pyridine rings is 1. The van der Waals surface area contributed by atoms with Crippen molar-refractivity contribution < 1.29 is 4.74 Å². The maximum absolute atomic E-state index is 6.28. The number of halogens is 1. The molecular weight excluding hydrogens is 284 g/mol. The second kappa shape index (κ2) is 7.43. The van der Waals surface area contributed by atoms with Crippen LogP contribution in [0.4, 0.5) is 0 Å². The van der Waals surface area contributed by atoms with Gasteiger partial charge >= 0.3 is 0 Å². The van der Waals surface area contributed by atoms with Crippen LogP contribution in [0.3, 0.4) is 0 Å². The highest BCUT2D eigenvalue weighted by molar-refractivity contribution is 6.32. The minimum Gasteiger partial charge on any atom is -0.485 e. The fourth-order valence-electron chi connectivity index (χ4n) is 1.98. The van der Waals surface area contributed by atoms with E-state index in [1.165, 1.54) is 0 Å². The number of nitrogens with one attached hydrogen (secondary N) is 1. The number of hydrogen-bond acceptors (Lipinski definition) is 3. The zero-order valence-corrected chi connectivity index (χ0v) is 13.4. The number of benzene rings is 1. The number of nitrogens with zero attached hydrogens (tertiary/aromatic N) is 1. The molecule has 0 saturated heterocycles. The van der Waals surface area contributed by atoms with Crippen molar-refractivity contribution in [2.24, 2.45) is 0 Å². The molecule has 4 heteroatoms. The van der Waals surface area contributed by atoms with E-state index in [2.05, 4.69) is 24.1 Å². The molecule has 0 amide bonds. The Hall–Kier alpha value is -1.58. The Morgan fingerprint density at radius 2 is 2.05 bits per heavy atom. The van der Waals surface area contributed by atoms with E-state index in [1.54, 1.807) is 6.20 Å². The molecule has 1 heterocycles.